The van der Waals surface area contributed by atoms with E-state index in [9.17, 15) is 9.59 Å². The molecule has 0 bridgehead atoms. The number of nitrogens with zero attached hydrogens (tertiary/aromatic N) is 4. The molecule has 1 aliphatic heterocycles. The summed E-state index contributed by atoms with van der Waals surface area (Å²) in [7, 11) is 0. The molecule has 0 unspecified atom stereocenters. The van der Waals surface area contributed by atoms with Crippen molar-refractivity contribution in [2.24, 2.45) is 0 Å². The lowest BCUT2D eigenvalue weighted by atomic mass is 10.1. The van der Waals surface area contributed by atoms with Crippen LogP contribution < -0.4 is 21.0 Å². The molecular formula is C26H23FN6O2S. The van der Waals surface area contributed by atoms with E-state index in [0.717, 1.165) is 35.3 Å². The van der Waals surface area contributed by atoms with E-state index in [1.807, 2.05) is 39.6 Å². The molecule has 36 heavy (non-hydrogen) atoms. The summed E-state index contributed by atoms with van der Waals surface area (Å²) in [6.45, 7) is 3.09. The zero-order valence-corrected chi connectivity index (χ0v) is 20.1. The number of rotatable bonds is 4. The van der Waals surface area contributed by atoms with Gasteiger partial charge in [-0.05, 0) is 42.8 Å². The van der Waals surface area contributed by atoms with Gasteiger partial charge in [0.25, 0.3) is 5.91 Å². The zero-order valence-electron chi connectivity index (χ0n) is 19.3. The molecular weight excluding hydrogens is 479 g/mol. The second-order valence-corrected chi connectivity index (χ2v) is 9.74. The molecule has 1 amide bonds. The fraction of sp³-hybridized carbons (Fsp3) is 0.231. The summed E-state index contributed by atoms with van der Waals surface area (Å²) in [5, 5.41) is 6.22. The first-order chi connectivity index (χ1) is 17.6. The molecule has 0 atom stereocenters. The summed E-state index contributed by atoms with van der Waals surface area (Å²) >= 11 is 1.35. The van der Waals surface area contributed by atoms with Gasteiger partial charge in [-0.25, -0.2) is 9.37 Å². The first kappa shape index (κ1) is 22.6. The Labute approximate surface area is 209 Å². The molecule has 0 aliphatic carbocycles. The molecule has 5 heterocycles. The number of aromatic nitrogens is 3. The lowest BCUT2D eigenvalue weighted by molar-refractivity contribution is 0.0951. The van der Waals surface area contributed by atoms with Crippen molar-refractivity contribution >= 4 is 49.1 Å². The summed E-state index contributed by atoms with van der Waals surface area (Å²) in [6, 6.07) is 12.5. The highest BCUT2D eigenvalue weighted by Gasteiger charge is 2.25. The molecule has 8 nitrogen and oxygen atoms in total. The Kier molecular flexibility index (Phi) is 5.82. The van der Waals surface area contributed by atoms with E-state index < -0.39 is 17.2 Å². The Hall–Kier alpha value is -3.89. The van der Waals surface area contributed by atoms with Crippen molar-refractivity contribution in [3.8, 4) is 0 Å². The predicted molar refractivity (Wildman–Crippen MR) is 139 cm³/mol. The predicted octanol–water partition coefficient (Wildman–Crippen LogP) is 3.33. The van der Waals surface area contributed by atoms with Crippen molar-refractivity contribution in [1.82, 2.24) is 25.0 Å². The molecule has 2 N–H and O–H groups in total. The summed E-state index contributed by atoms with van der Waals surface area (Å²) in [5.41, 5.74) is 1.43. The number of fused-ring (bicyclic) bond motifs is 5. The van der Waals surface area contributed by atoms with Crippen LogP contribution in [0.4, 0.5) is 10.2 Å². The standard InChI is InChI=1S/C26H23FN6O2S/c27-18-13-17-22(34)21(25(35)30-15-16-5-3-8-29-14-16)26-33(19-6-1-2-7-20(19)36-26)23(17)31-24(18)32-11-4-9-28-10-12-32/h1-3,5-8,13-14,28H,4,9-12,15H2,(H,30,35). The number of anilines is 1. The monoisotopic (exact) mass is 502 g/mol. The van der Waals surface area contributed by atoms with Gasteiger partial charge in [-0.3, -0.25) is 19.0 Å². The number of hydrogen-bond acceptors (Lipinski definition) is 7. The first-order valence-electron chi connectivity index (χ1n) is 11.8. The van der Waals surface area contributed by atoms with Crippen LogP contribution in [-0.4, -0.2) is 46.5 Å². The third-order valence-electron chi connectivity index (χ3n) is 6.39. The number of carbonyl (C=O) groups is 1. The van der Waals surface area contributed by atoms with E-state index in [-0.39, 0.29) is 23.3 Å². The minimum Gasteiger partial charge on any atom is -0.353 e. The van der Waals surface area contributed by atoms with Crippen molar-refractivity contribution in [2.45, 2.75) is 13.0 Å². The molecule has 5 aromatic rings. The number of hydrogen-bond donors (Lipinski definition) is 2. The maximum Gasteiger partial charge on any atom is 0.258 e. The molecule has 0 saturated carbocycles. The van der Waals surface area contributed by atoms with Gasteiger partial charge in [0.1, 0.15) is 10.4 Å². The highest BCUT2D eigenvalue weighted by Crippen LogP contribution is 2.32. The normalized spacial score (nSPS) is 14.4. The topological polar surface area (TPSA) is 91.6 Å². The summed E-state index contributed by atoms with van der Waals surface area (Å²) < 4.78 is 18.1. The Bertz CT molecular complexity index is 1660. The first-order valence-corrected chi connectivity index (χ1v) is 12.6. The SMILES string of the molecule is O=C(NCc1cccnc1)c1c(=O)c2cc(F)c(N3CCCNCC3)nc2n2c1sc1ccccc12. The number of benzene rings is 1. The maximum atomic E-state index is 15.4. The van der Waals surface area contributed by atoms with Gasteiger partial charge in [-0.15, -0.1) is 11.3 Å². The molecule has 1 fully saturated rings. The Morgan fingerprint density at radius 1 is 1.17 bits per heavy atom. The van der Waals surface area contributed by atoms with E-state index in [1.54, 1.807) is 18.5 Å². The van der Waals surface area contributed by atoms with Gasteiger partial charge < -0.3 is 15.5 Å². The van der Waals surface area contributed by atoms with Crippen molar-refractivity contribution in [3.05, 3.63) is 82.0 Å². The number of nitrogens with one attached hydrogen (secondary N) is 2. The summed E-state index contributed by atoms with van der Waals surface area (Å²) in [5.74, 6) is -0.857. The number of amides is 1. The van der Waals surface area contributed by atoms with Crippen molar-refractivity contribution < 1.29 is 9.18 Å². The van der Waals surface area contributed by atoms with Crippen LogP contribution in [0.15, 0.2) is 59.7 Å². The average Bonchev–Trinajstić information content (AvgIpc) is 3.07. The highest BCUT2D eigenvalue weighted by atomic mass is 32.1. The van der Waals surface area contributed by atoms with Crippen LogP contribution in [0.1, 0.15) is 22.3 Å². The van der Waals surface area contributed by atoms with E-state index in [0.29, 0.717) is 23.6 Å². The van der Waals surface area contributed by atoms with Crippen LogP contribution in [0.25, 0.3) is 26.1 Å². The summed E-state index contributed by atoms with van der Waals surface area (Å²) in [4.78, 5) is 38.2. The van der Waals surface area contributed by atoms with E-state index in [2.05, 4.69) is 15.6 Å². The fourth-order valence-electron chi connectivity index (χ4n) is 4.65. The lowest BCUT2D eigenvalue weighted by Crippen LogP contribution is -2.31. The van der Waals surface area contributed by atoms with Gasteiger partial charge in [0, 0.05) is 38.6 Å². The van der Waals surface area contributed by atoms with E-state index >= 15 is 4.39 Å². The third-order valence-corrected chi connectivity index (χ3v) is 7.54. The number of pyridine rings is 3. The molecule has 4 aromatic heterocycles. The molecule has 1 aliphatic rings. The largest absolute Gasteiger partial charge is 0.353 e. The molecule has 1 saturated heterocycles. The number of carbonyl (C=O) groups excluding carboxylic acids is 1. The smallest absolute Gasteiger partial charge is 0.258 e. The third kappa shape index (κ3) is 3.88. The Morgan fingerprint density at radius 3 is 2.92 bits per heavy atom. The van der Waals surface area contributed by atoms with Gasteiger partial charge in [0.15, 0.2) is 17.3 Å². The number of thiazole rings is 1. The second-order valence-electron chi connectivity index (χ2n) is 8.71. The van der Waals surface area contributed by atoms with Gasteiger partial charge in [-0.1, -0.05) is 18.2 Å². The number of para-hydroxylation sites is 1. The fourth-order valence-corrected chi connectivity index (χ4v) is 5.83. The van der Waals surface area contributed by atoms with Gasteiger partial charge >= 0.3 is 0 Å². The minimum atomic E-state index is -0.567. The molecule has 182 valence electrons. The molecule has 0 radical (unpaired) electrons. The van der Waals surface area contributed by atoms with E-state index in [1.165, 1.54) is 17.4 Å². The lowest BCUT2D eigenvalue weighted by Gasteiger charge is -2.22. The van der Waals surface area contributed by atoms with Crippen molar-refractivity contribution in [3.63, 3.8) is 0 Å². The van der Waals surface area contributed by atoms with Crippen molar-refractivity contribution in [2.75, 3.05) is 31.1 Å². The molecule has 6 rings (SSSR count). The van der Waals surface area contributed by atoms with Gasteiger partial charge in [0.05, 0.1) is 15.6 Å². The van der Waals surface area contributed by atoms with Crippen LogP contribution in [0, 0.1) is 5.82 Å². The van der Waals surface area contributed by atoms with Crippen LogP contribution >= 0.6 is 11.3 Å². The van der Waals surface area contributed by atoms with Gasteiger partial charge in [-0.2, -0.15) is 0 Å². The molecule has 0 spiro atoms. The zero-order chi connectivity index (χ0) is 24.6. The average molecular weight is 503 g/mol. The number of halogens is 1. The minimum absolute atomic E-state index is 0.0134. The second kappa shape index (κ2) is 9.29. The van der Waals surface area contributed by atoms with Gasteiger partial charge in [0.2, 0.25) is 5.43 Å². The van der Waals surface area contributed by atoms with Crippen molar-refractivity contribution in [1.29, 1.82) is 0 Å². The molecule has 10 heteroatoms. The summed E-state index contributed by atoms with van der Waals surface area (Å²) in [6.07, 6.45) is 4.17. The van der Waals surface area contributed by atoms with E-state index in [4.69, 9.17) is 4.98 Å². The molecule has 1 aromatic carbocycles. The van der Waals surface area contributed by atoms with Crippen LogP contribution in [0.3, 0.4) is 0 Å². The maximum absolute atomic E-state index is 15.4. The van der Waals surface area contributed by atoms with Crippen LogP contribution in [0.2, 0.25) is 0 Å². The quantitative estimate of drug-likeness (QED) is 0.392. The highest BCUT2D eigenvalue weighted by molar-refractivity contribution is 7.24. The Balaban J connectivity index is 1.56. The Morgan fingerprint density at radius 2 is 2.06 bits per heavy atom. The van der Waals surface area contributed by atoms with Crippen LogP contribution in [0.5, 0.6) is 0 Å². The van der Waals surface area contributed by atoms with Crippen LogP contribution in [-0.2, 0) is 6.54 Å².